The molecule has 40 heavy (non-hydrogen) atoms. The third-order valence-corrected chi connectivity index (χ3v) is 9.10. The standard InChI is InChI=1S/C29H40N4O6S/c1-20-17-33(21(2)19-34)28(35)24-15-10-16-25(31-40(37,38)23-13-8-5-9-14-23)27(24)39-26(20)18-32(3)29(36)30-22-11-6-4-7-12-22/h5,8-10,13-16,20-22,26,31,34H,4,6-7,11-12,17-19H2,1-3H3,(H,30,36)/t20-,21-,26-/m0/s1. The molecule has 1 fully saturated rings. The fourth-order valence-electron chi connectivity index (χ4n) is 5.23. The number of carbonyl (C=O) groups is 2. The molecule has 1 saturated carbocycles. The molecule has 1 aliphatic carbocycles. The minimum Gasteiger partial charge on any atom is -0.485 e. The summed E-state index contributed by atoms with van der Waals surface area (Å²) in [6.45, 7) is 3.96. The minimum absolute atomic E-state index is 0.0735. The number of ether oxygens (including phenoxy) is 1. The SMILES string of the molecule is C[C@H]1CN([C@@H](C)CO)C(=O)c2cccc(NS(=O)(=O)c3ccccc3)c2O[C@H]1CN(C)C(=O)NC1CCCCC1. The van der Waals surface area contributed by atoms with Gasteiger partial charge in [-0.15, -0.1) is 0 Å². The number of benzene rings is 2. The summed E-state index contributed by atoms with van der Waals surface area (Å²) >= 11 is 0. The Labute approximate surface area is 236 Å². The van der Waals surface area contributed by atoms with Gasteiger partial charge < -0.3 is 25.0 Å². The van der Waals surface area contributed by atoms with Crippen molar-refractivity contribution in [3.63, 3.8) is 0 Å². The summed E-state index contributed by atoms with van der Waals surface area (Å²) in [6.07, 6.45) is 4.75. The molecule has 0 spiro atoms. The molecule has 3 amide bonds. The van der Waals surface area contributed by atoms with E-state index in [-0.39, 0.29) is 58.9 Å². The monoisotopic (exact) mass is 572 g/mol. The number of amides is 3. The Morgan fingerprint density at radius 2 is 1.82 bits per heavy atom. The molecule has 1 heterocycles. The maximum Gasteiger partial charge on any atom is 0.317 e. The highest BCUT2D eigenvalue weighted by Gasteiger charge is 2.35. The van der Waals surface area contributed by atoms with Gasteiger partial charge in [-0.2, -0.15) is 0 Å². The van der Waals surface area contributed by atoms with Crippen LogP contribution in [0.15, 0.2) is 53.4 Å². The molecule has 11 heteroatoms. The number of anilines is 1. The second kappa shape index (κ2) is 12.9. The molecule has 4 rings (SSSR count). The Morgan fingerprint density at radius 1 is 1.12 bits per heavy atom. The number of hydrogen-bond donors (Lipinski definition) is 3. The quantitative estimate of drug-likeness (QED) is 0.443. The predicted octanol–water partition coefficient (Wildman–Crippen LogP) is 3.68. The number of hydrogen-bond acceptors (Lipinski definition) is 6. The second-order valence-electron chi connectivity index (χ2n) is 10.9. The first kappa shape index (κ1) is 29.7. The number of rotatable bonds is 8. The largest absolute Gasteiger partial charge is 0.485 e. The molecule has 10 nitrogen and oxygen atoms in total. The maximum absolute atomic E-state index is 13.7. The molecule has 2 aliphatic rings. The van der Waals surface area contributed by atoms with Crippen LogP contribution in [0.1, 0.15) is 56.3 Å². The van der Waals surface area contributed by atoms with Crippen molar-refractivity contribution in [2.45, 2.75) is 69.0 Å². The van der Waals surface area contributed by atoms with Gasteiger partial charge in [0.25, 0.3) is 15.9 Å². The predicted molar refractivity (Wildman–Crippen MR) is 153 cm³/mol. The molecule has 0 unspecified atom stereocenters. The number of nitrogens with one attached hydrogen (secondary N) is 2. The van der Waals surface area contributed by atoms with Gasteiger partial charge in [-0.05, 0) is 44.0 Å². The Balaban J connectivity index is 1.66. The highest BCUT2D eigenvalue weighted by atomic mass is 32.2. The lowest BCUT2D eigenvalue weighted by molar-refractivity contribution is 0.0368. The summed E-state index contributed by atoms with van der Waals surface area (Å²) in [5.41, 5.74) is 0.305. The van der Waals surface area contributed by atoms with Crippen LogP contribution in [0.2, 0.25) is 0 Å². The van der Waals surface area contributed by atoms with Gasteiger partial charge in [-0.25, -0.2) is 13.2 Å². The van der Waals surface area contributed by atoms with E-state index in [1.807, 2.05) is 6.92 Å². The summed E-state index contributed by atoms with van der Waals surface area (Å²) in [4.78, 5) is 29.9. The van der Waals surface area contributed by atoms with Crippen molar-refractivity contribution in [1.82, 2.24) is 15.1 Å². The van der Waals surface area contributed by atoms with E-state index in [1.165, 1.54) is 18.6 Å². The van der Waals surface area contributed by atoms with Gasteiger partial charge in [0.1, 0.15) is 6.10 Å². The molecular weight excluding hydrogens is 532 g/mol. The molecule has 2 aromatic carbocycles. The van der Waals surface area contributed by atoms with E-state index >= 15 is 0 Å². The topological polar surface area (TPSA) is 128 Å². The molecule has 1 aliphatic heterocycles. The van der Waals surface area contributed by atoms with E-state index in [0.717, 1.165) is 25.7 Å². The number of urea groups is 1. The smallest absolute Gasteiger partial charge is 0.317 e. The van der Waals surface area contributed by atoms with Crippen LogP contribution >= 0.6 is 0 Å². The van der Waals surface area contributed by atoms with Crippen LogP contribution in [0.5, 0.6) is 5.75 Å². The lowest BCUT2D eigenvalue weighted by Crippen LogP contribution is -2.52. The van der Waals surface area contributed by atoms with Crippen molar-refractivity contribution in [1.29, 1.82) is 0 Å². The number of para-hydroxylation sites is 1. The lowest BCUT2D eigenvalue weighted by atomic mass is 9.96. The van der Waals surface area contributed by atoms with E-state index in [1.54, 1.807) is 60.2 Å². The fourth-order valence-corrected chi connectivity index (χ4v) is 6.31. The van der Waals surface area contributed by atoms with Gasteiger partial charge in [0, 0.05) is 25.6 Å². The molecule has 0 bridgehead atoms. The molecule has 3 N–H and O–H groups in total. The molecule has 0 saturated heterocycles. The van der Waals surface area contributed by atoms with Crippen LogP contribution < -0.4 is 14.8 Å². The number of nitrogens with zero attached hydrogens (tertiary/aromatic N) is 2. The van der Waals surface area contributed by atoms with E-state index in [2.05, 4.69) is 10.0 Å². The van der Waals surface area contributed by atoms with Gasteiger partial charge in [-0.3, -0.25) is 9.52 Å². The number of likely N-dealkylation sites (N-methyl/N-ethyl adjacent to an activating group) is 1. The Kier molecular flexibility index (Phi) is 9.57. The highest BCUT2D eigenvalue weighted by Crippen LogP contribution is 2.36. The van der Waals surface area contributed by atoms with Crippen LogP contribution in [0.3, 0.4) is 0 Å². The van der Waals surface area contributed by atoms with Crippen LogP contribution in [-0.4, -0.2) is 80.2 Å². The van der Waals surface area contributed by atoms with Crippen LogP contribution in [-0.2, 0) is 10.0 Å². The number of aliphatic hydroxyl groups is 1. The fraction of sp³-hybridized carbons (Fsp3) is 0.517. The van der Waals surface area contributed by atoms with Crippen LogP contribution in [0.4, 0.5) is 10.5 Å². The number of aliphatic hydroxyl groups excluding tert-OH is 1. The van der Waals surface area contributed by atoms with E-state index < -0.39 is 22.2 Å². The van der Waals surface area contributed by atoms with Crippen molar-refractivity contribution < 1.29 is 27.9 Å². The molecule has 218 valence electrons. The minimum atomic E-state index is -3.97. The van der Waals surface area contributed by atoms with Crippen LogP contribution in [0.25, 0.3) is 0 Å². The Hall–Kier alpha value is -3.31. The van der Waals surface area contributed by atoms with E-state index in [4.69, 9.17) is 4.74 Å². The van der Waals surface area contributed by atoms with Gasteiger partial charge in [-0.1, -0.05) is 50.5 Å². The van der Waals surface area contributed by atoms with Gasteiger partial charge in [0.2, 0.25) is 0 Å². The third kappa shape index (κ3) is 6.87. The lowest BCUT2D eigenvalue weighted by Gasteiger charge is -2.38. The first-order chi connectivity index (χ1) is 19.1. The molecular formula is C29H40N4O6S. The van der Waals surface area contributed by atoms with Crippen molar-refractivity contribution in [3.8, 4) is 5.75 Å². The summed E-state index contributed by atoms with van der Waals surface area (Å²) in [5.74, 6) is -0.513. The normalized spacial score (nSPS) is 20.9. The summed E-state index contributed by atoms with van der Waals surface area (Å²) in [7, 11) is -2.27. The maximum atomic E-state index is 13.7. The molecule has 3 atom stereocenters. The van der Waals surface area contributed by atoms with E-state index in [0.29, 0.717) is 6.54 Å². The number of carbonyl (C=O) groups excluding carboxylic acids is 2. The zero-order chi connectivity index (χ0) is 28.9. The highest BCUT2D eigenvalue weighted by molar-refractivity contribution is 7.92. The van der Waals surface area contributed by atoms with Crippen molar-refractivity contribution >= 4 is 27.6 Å². The summed E-state index contributed by atoms with van der Waals surface area (Å²) in [6, 6.07) is 12.2. The second-order valence-corrected chi connectivity index (χ2v) is 12.6. The summed E-state index contributed by atoms with van der Waals surface area (Å²) < 4.78 is 35.4. The molecule has 2 aromatic rings. The molecule has 0 radical (unpaired) electrons. The zero-order valence-electron chi connectivity index (χ0n) is 23.4. The van der Waals surface area contributed by atoms with Crippen molar-refractivity contribution in [2.75, 3.05) is 31.5 Å². The van der Waals surface area contributed by atoms with Gasteiger partial charge >= 0.3 is 6.03 Å². The Morgan fingerprint density at radius 3 is 2.50 bits per heavy atom. The first-order valence-corrected chi connectivity index (χ1v) is 15.4. The van der Waals surface area contributed by atoms with Gasteiger partial charge in [0.15, 0.2) is 5.75 Å². The average Bonchev–Trinajstić information content (AvgIpc) is 2.95. The number of fused-ring (bicyclic) bond motifs is 1. The van der Waals surface area contributed by atoms with Crippen molar-refractivity contribution in [2.24, 2.45) is 5.92 Å². The van der Waals surface area contributed by atoms with Gasteiger partial charge in [0.05, 0.1) is 35.3 Å². The third-order valence-electron chi connectivity index (χ3n) is 7.72. The van der Waals surface area contributed by atoms with Crippen LogP contribution in [0, 0.1) is 5.92 Å². The Bertz CT molecular complexity index is 1280. The number of sulfonamides is 1. The van der Waals surface area contributed by atoms with E-state index in [9.17, 15) is 23.1 Å². The summed E-state index contributed by atoms with van der Waals surface area (Å²) in [5, 5.41) is 13.0. The zero-order valence-corrected chi connectivity index (χ0v) is 24.2. The molecule has 0 aromatic heterocycles. The first-order valence-electron chi connectivity index (χ1n) is 13.9. The van der Waals surface area contributed by atoms with Crippen molar-refractivity contribution in [3.05, 3.63) is 54.1 Å². The average molecular weight is 573 g/mol.